The maximum Gasteiger partial charge on any atom is 0.341 e. The first kappa shape index (κ1) is 30.4. The average molecular weight is 625 g/mol. The van der Waals surface area contributed by atoms with E-state index in [-0.39, 0.29) is 41.2 Å². The number of carbonyl (C=O) groups excluding carboxylic acids is 1. The summed E-state index contributed by atoms with van der Waals surface area (Å²) in [4.78, 5) is 30.4. The molecule has 0 amide bonds. The van der Waals surface area contributed by atoms with Gasteiger partial charge in [0.05, 0.1) is 37.8 Å². The predicted molar refractivity (Wildman–Crippen MR) is 170 cm³/mol. The Morgan fingerprint density at radius 2 is 1.67 bits per heavy atom. The van der Waals surface area contributed by atoms with Gasteiger partial charge in [0.25, 0.3) is 5.56 Å². The van der Waals surface area contributed by atoms with Crippen molar-refractivity contribution in [1.29, 1.82) is 0 Å². The SMILES string of the molecule is COc1ccc(C(=O)OCCc2c(C(c3cc(F)ccc3F)c3c(O)c4ccccc4n(C)c3=O)[nH]c3ccccc23)c(OC)c1. The number of methoxy groups -OCH3 is 2. The number of H-pyrrole nitrogens is 1. The molecule has 4 aromatic carbocycles. The van der Waals surface area contributed by atoms with E-state index in [1.54, 1.807) is 43.4 Å². The molecule has 2 heterocycles. The molecule has 0 aliphatic carbocycles. The monoisotopic (exact) mass is 624 g/mol. The van der Waals surface area contributed by atoms with Crippen LogP contribution in [-0.2, 0) is 18.2 Å². The van der Waals surface area contributed by atoms with E-state index in [0.29, 0.717) is 33.4 Å². The Hall–Kier alpha value is -5.64. The van der Waals surface area contributed by atoms with Crippen LogP contribution in [0.1, 0.15) is 38.7 Å². The van der Waals surface area contributed by atoms with Gasteiger partial charge in [-0.2, -0.15) is 0 Å². The van der Waals surface area contributed by atoms with Gasteiger partial charge >= 0.3 is 5.97 Å². The molecule has 0 saturated heterocycles. The summed E-state index contributed by atoms with van der Waals surface area (Å²) in [6, 6.07) is 21.8. The van der Waals surface area contributed by atoms with Gasteiger partial charge in [0.2, 0.25) is 0 Å². The maximum atomic E-state index is 15.7. The van der Waals surface area contributed by atoms with Crippen molar-refractivity contribution >= 4 is 27.8 Å². The number of fused-ring (bicyclic) bond motifs is 2. The number of ether oxygens (including phenoxy) is 3. The lowest BCUT2D eigenvalue weighted by atomic mass is 9.84. The first-order valence-corrected chi connectivity index (χ1v) is 14.5. The molecular formula is C36H30F2N2O6. The van der Waals surface area contributed by atoms with Gasteiger partial charge in [-0.25, -0.2) is 13.6 Å². The van der Waals surface area contributed by atoms with E-state index in [4.69, 9.17) is 14.2 Å². The topological polar surface area (TPSA) is 103 Å². The molecule has 0 aliphatic rings. The van der Waals surface area contributed by atoms with Crippen molar-refractivity contribution in [1.82, 2.24) is 9.55 Å². The third-order valence-electron chi connectivity index (χ3n) is 8.22. The maximum absolute atomic E-state index is 15.7. The Morgan fingerprint density at radius 3 is 2.43 bits per heavy atom. The van der Waals surface area contributed by atoms with Crippen molar-refractivity contribution in [2.24, 2.45) is 7.05 Å². The third-order valence-corrected chi connectivity index (χ3v) is 8.22. The Bertz CT molecular complexity index is 2170. The molecule has 8 nitrogen and oxygen atoms in total. The molecule has 1 atom stereocenters. The second kappa shape index (κ2) is 12.4. The number of aromatic nitrogens is 2. The van der Waals surface area contributed by atoms with E-state index < -0.39 is 29.1 Å². The van der Waals surface area contributed by atoms with Crippen molar-refractivity contribution in [3.63, 3.8) is 0 Å². The molecule has 0 radical (unpaired) electrons. The molecule has 10 heteroatoms. The normalized spacial score (nSPS) is 11.9. The molecule has 0 spiro atoms. The molecule has 0 saturated carbocycles. The highest BCUT2D eigenvalue weighted by atomic mass is 19.1. The van der Waals surface area contributed by atoms with Crippen LogP contribution in [0, 0.1) is 11.6 Å². The lowest BCUT2D eigenvalue weighted by Crippen LogP contribution is -2.26. The van der Waals surface area contributed by atoms with Crippen LogP contribution in [0.3, 0.4) is 0 Å². The summed E-state index contributed by atoms with van der Waals surface area (Å²) in [6.07, 6.45) is 0.144. The van der Waals surface area contributed by atoms with E-state index in [2.05, 4.69) is 4.98 Å². The number of carbonyl (C=O) groups is 1. The number of nitrogens with one attached hydrogen (secondary N) is 1. The smallest absolute Gasteiger partial charge is 0.341 e. The van der Waals surface area contributed by atoms with Crippen LogP contribution < -0.4 is 15.0 Å². The van der Waals surface area contributed by atoms with Gasteiger partial charge in [-0.3, -0.25) is 4.79 Å². The van der Waals surface area contributed by atoms with Crippen LogP contribution in [0.4, 0.5) is 8.78 Å². The Morgan fingerprint density at radius 1 is 0.935 bits per heavy atom. The standard InChI is InChI=1S/C36H30F2N2O6/c1-40-29-11-7-5-9-24(29)34(41)32(35(40)42)31(26-18-20(37)12-15-27(26)38)33-23(22-8-4-6-10-28(22)39-33)16-17-46-36(43)25-14-13-21(44-2)19-30(25)45-3/h4-15,18-19,31,39,41H,16-17H2,1-3H3. The first-order chi connectivity index (χ1) is 22.2. The van der Waals surface area contributed by atoms with Gasteiger partial charge in [-0.15, -0.1) is 0 Å². The fourth-order valence-corrected chi connectivity index (χ4v) is 5.98. The lowest BCUT2D eigenvalue weighted by molar-refractivity contribution is 0.0505. The van der Waals surface area contributed by atoms with Crippen molar-refractivity contribution in [2.75, 3.05) is 20.8 Å². The summed E-state index contributed by atoms with van der Waals surface area (Å²) in [5.74, 6) is -2.90. The molecule has 2 aromatic heterocycles. The van der Waals surface area contributed by atoms with Crippen molar-refractivity contribution < 1.29 is 32.9 Å². The van der Waals surface area contributed by atoms with E-state index in [9.17, 15) is 19.1 Å². The lowest BCUT2D eigenvalue weighted by Gasteiger charge is -2.22. The minimum absolute atomic E-state index is 0.0943. The van der Waals surface area contributed by atoms with Crippen molar-refractivity contribution in [3.05, 3.63) is 135 Å². The fraction of sp³-hybridized carbons (Fsp3) is 0.167. The average Bonchev–Trinajstić information content (AvgIpc) is 3.44. The number of halogens is 2. The Kier molecular flexibility index (Phi) is 8.19. The van der Waals surface area contributed by atoms with Crippen LogP contribution in [-0.4, -0.2) is 41.5 Å². The van der Waals surface area contributed by atoms with Crippen LogP contribution >= 0.6 is 0 Å². The van der Waals surface area contributed by atoms with E-state index in [1.165, 1.54) is 24.9 Å². The molecule has 46 heavy (non-hydrogen) atoms. The zero-order valence-electron chi connectivity index (χ0n) is 25.3. The number of hydrogen-bond donors (Lipinski definition) is 2. The third kappa shape index (κ3) is 5.32. The van der Waals surface area contributed by atoms with Crippen LogP contribution in [0.25, 0.3) is 21.8 Å². The van der Waals surface area contributed by atoms with E-state index in [1.807, 2.05) is 24.3 Å². The number of pyridine rings is 1. The number of rotatable bonds is 9. The van der Waals surface area contributed by atoms with Crippen LogP contribution in [0.2, 0.25) is 0 Å². The minimum atomic E-state index is -1.25. The minimum Gasteiger partial charge on any atom is -0.507 e. The Labute approximate surface area is 262 Å². The second-order valence-corrected chi connectivity index (χ2v) is 10.8. The molecule has 6 rings (SSSR count). The number of hydrogen-bond acceptors (Lipinski definition) is 6. The first-order valence-electron chi connectivity index (χ1n) is 14.5. The summed E-state index contributed by atoms with van der Waals surface area (Å²) < 4.78 is 48.0. The van der Waals surface area contributed by atoms with Gasteiger partial charge in [0.15, 0.2) is 0 Å². The van der Waals surface area contributed by atoms with Gasteiger partial charge in [0, 0.05) is 47.1 Å². The summed E-state index contributed by atoms with van der Waals surface area (Å²) in [7, 11) is 4.50. The summed E-state index contributed by atoms with van der Waals surface area (Å²) >= 11 is 0. The van der Waals surface area contributed by atoms with Crippen LogP contribution in [0.15, 0.2) is 89.7 Å². The van der Waals surface area contributed by atoms with Crippen molar-refractivity contribution in [2.45, 2.75) is 12.3 Å². The molecule has 2 N–H and O–H groups in total. The highest BCUT2D eigenvalue weighted by Gasteiger charge is 2.32. The van der Waals surface area contributed by atoms with Gasteiger partial charge in [0.1, 0.15) is 34.4 Å². The highest BCUT2D eigenvalue weighted by molar-refractivity contribution is 5.93. The zero-order valence-corrected chi connectivity index (χ0v) is 25.3. The summed E-state index contributed by atoms with van der Waals surface area (Å²) in [5.41, 5.74) is 1.45. The number of aromatic hydroxyl groups is 1. The number of para-hydroxylation sites is 2. The number of esters is 1. The van der Waals surface area contributed by atoms with Crippen LogP contribution in [0.5, 0.6) is 17.2 Å². The summed E-state index contributed by atoms with van der Waals surface area (Å²) in [5, 5.41) is 12.7. The van der Waals surface area contributed by atoms with Gasteiger partial charge in [-0.1, -0.05) is 30.3 Å². The quantitative estimate of drug-likeness (QED) is 0.176. The molecule has 6 aromatic rings. The van der Waals surface area contributed by atoms with Gasteiger partial charge in [-0.05, 0) is 54.1 Å². The van der Waals surface area contributed by atoms with E-state index in [0.717, 1.165) is 23.6 Å². The largest absolute Gasteiger partial charge is 0.507 e. The second-order valence-electron chi connectivity index (χ2n) is 10.8. The fourth-order valence-electron chi connectivity index (χ4n) is 5.98. The molecule has 0 aliphatic heterocycles. The van der Waals surface area contributed by atoms with Gasteiger partial charge < -0.3 is 28.9 Å². The molecular weight excluding hydrogens is 594 g/mol. The number of aryl methyl sites for hydroxylation is 1. The molecule has 1 unspecified atom stereocenters. The number of benzene rings is 4. The molecule has 0 bridgehead atoms. The summed E-state index contributed by atoms with van der Waals surface area (Å²) in [6.45, 7) is -0.0943. The number of nitrogens with zero attached hydrogens (tertiary/aromatic N) is 1. The van der Waals surface area contributed by atoms with Crippen molar-refractivity contribution in [3.8, 4) is 17.2 Å². The molecule has 234 valence electrons. The number of aromatic amines is 1. The zero-order chi connectivity index (χ0) is 32.5. The Balaban J connectivity index is 1.49. The predicted octanol–water partition coefficient (Wildman–Crippen LogP) is 6.60. The highest BCUT2D eigenvalue weighted by Crippen LogP contribution is 2.42. The molecule has 0 fully saturated rings. The van der Waals surface area contributed by atoms with E-state index >= 15 is 4.39 Å².